The first-order valence-electron chi connectivity index (χ1n) is 10.7. The molecule has 7 nitrogen and oxygen atoms in total. The third-order valence-corrected chi connectivity index (χ3v) is 8.07. The third-order valence-electron chi connectivity index (χ3n) is 6.10. The van der Waals surface area contributed by atoms with Gasteiger partial charge in [0.05, 0.1) is 29.4 Å². The Morgan fingerprint density at radius 1 is 0.676 bits per heavy atom. The minimum absolute atomic E-state index is 0.139. The minimum atomic E-state index is -4.19. The van der Waals surface area contributed by atoms with Crippen molar-refractivity contribution in [1.29, 1.82) is 0 Å². The lowest BCUT2D eigenvalue weighted by Gasteiger charge is -2.33. The zero-order valence-corrected chi connectivity index (χ0v) is 18.5. The first kappa shape index (κ1) is 19.3. The smallest absolute Gasteiger partial charge is 0.138 e. The van der Waals surface area contributed by atoms with Gasteiger partial charge in [0.1, 0.15) is 23.1 Å². The van der Waals surface area contributed by atoms with E-state index >= 15 is 0 Å². The summed E-state index contributed by atoms with van der Waals surface area (Å²) in [6, 6.07) is 25.6. The van der Waals surface area contributed by atoms with Crippen molar-refractivity contribution in [1.82, 2.24) is 19.9 Å². The van der Waals surface area contributed by atoms with E-state index in [1.165, 1.54) is 0 Å². The molecule has 2 aromatic heterocycles. The Morgan fingerprint density at radius 2 is 1.15 bits per heavy atom. The molecule has 0 saturated carbocycles. The van der Waals surface area contributed by atoms with Gasteiger partial charge in [-0.25, -0.2) is 9.97 Å². The van der Waals surface area contributed by atoms with Crippen LogP contribution in [0.4, 0.5) is 0 Å². The average molecular weight is 463 g/mol. The lowest BCUT2D eigenvalue weighted by atomic mass is 10.2. The molecule has 0 unspecified atom stereocenters. The van der Waals surface area contributed by atoms with E-state index in [4.69, 9.17) is 4.74 Å². The Balaban J connectivity index is 1.34. The molecule has 6 aromatic rings. The minimum Gasteiger partial charge on any atom is -0.792 e. The maximum absolute atomic E-state index is 13.7. The number of H-pyrrole nitrogens is 2. The van der Waals surface area contributed by atoms with E-state index in [2.05, 4.69) is 19.9 Å². The highest BCUT2D eigenvalue weighted by Crippen LogP contribution is 2.47. The molecule has 0 amide bonds. The van der Waals surface area contributed by atoms with Crippen LogP contribution in [0.15, 0.2) is 84.9 Å². The van der Waals surface area contributed by atoms with Crippen molar-refractivity contribution in [3.63, 3.8) is 0 Å². The lowest BCUT2D eigenvalue weighted by molar-refractivity contribution is -0.167. The molecule has 3 heterocycles. The van der Waals surface area contributed by atoms with Crippen LogP contribution >= 0.6 is 7.37 Å². The molecule has 0 spiro atoms. The van der Waals surface area contributed by atoms with Gasteiger partial charge in [0.25, 0.3) is 0 Å². The molecule has 34 heavy (non-hydrogen) atoms. The predicted molar refractivity (Wildman–Crippen MR) is 130 cm³/mol. The maximum Gasteiger partial charge on any atom is 0.138 e. The number of aromatic amines is 2. The van der Waals surface area contributed by atoms with E-state index in [1.54, 1.807) is 24.3 Å². The summed E-state index contributed by atoms with van der Waals surface area (Å²) in [7, 11) is -4.19. The van der Waals surface area contributed by atoms with E-state index in [-0.39, 0.29) is 10.6 Å². The molecule has 8 heteroatoms. The molecule has 0 radical (unpaired) electrons. The van der Waals surface area contributed by atoms with Crippen LogP contribution in [0.3, 0.4) is 0 Å². The summed E-state index contributed by atoms with van der Waals surface area (Å²) in [4.78, 5) is 29.4. The van der Waals surface area contributed by atoms with E-state index < -0.39 is 7.37 Å². The quantitative estimate of drug-likeness (QED) is 0.369. The summed E-state index contributed by atoms with van der Waals surface area (Å²) in [5, 5.41) is 0.277. The molecule has 1 aliphatic heterocycles. The van der Waals surface area contributed by atoms with Crippen LogP contribution in [-0.4, -0.2) is 19.9 Å². The summed E-state index contributed by atoms with van der Waals surface area (Å²) in [5.41, 5.74) is 4.75. The topological polar surface area (TPSA) is 107 Å². The highest BCUT2D eigenvalue weighted by atomic mass is 31.2. The second-order valence-corrected chi connectivity index (χ2v) is 10.3. The van der Waals surface area contributed by atoms with Crippen molar-refractivity contribution in [2.45, 2.75) is 0 Å². The fourth-order valence-corrected chi connectivity index (χ4v) is 6.09. The van der Waals surface area contributed by atoms with E-state index in [1.807, 2.05) is 60.7 Å². The van der Waals surface area contributed by atoms with Crippen molar-refractivity contribution in [3.05, 3.63) is 84.9 Å². The maximum atomic E-state index is 13.7. The summed E-state index contributed by atoms with van der Waals surface area (Å²) in [6.07, 6.45) is 0. The van der Waals surface area contributed by atoms with Crippen molar-refractivity contribution < 1.29 is 14.2 Å². The zero-order valence-electron chi connectivity index (χ0n) is 17.6. The second kappa shape index (κ2) is 6.90. The van der Waals surface area contributed by atoms with E-state index in [0.29, 0.717) is 34.3 Å². The molecule has 4 aromatic carbocycles. The molecule has 1 aliphatic rings. The fraction of sp³-hybridized carbons (Fsp3) is 0. The van der Waals surface area contributed by atoms with Crippen LogP contribution in [0.25, 0.3) is 44.8 Å². The van der Waals surface area contributed by atoms with Crippen molar-refractivity contribution in [2.75, 3.05) is 0 Å². The normalized spacial score (nSPS) is 14.0. The molecule has 0 fully saturated rings. The van der Waals surface area contributed by atoms with Gasteiger partial charge in [0.15, 0.2) is 0 Å². The summed E-state index contributed by atoms with van der Waals surface area (Å²) in [6.45, 7) is 0. The molecular weight excluding hydrogens is 447 g/mol. The average Bonchev–Trinajstić information content (AvgIpc) is 3.48. The molecule has 0 bridgehead atoms. The number of nitrogens with zero attached hydrogens (tertiary/aromatic N) is 2. The van der Waals surface area contributed by atoms with Gasteiger partial charge in [0.2, 0.25) is 0 Å². The van der Waals surface area contributed by atoms with Gasteiger partial charge in [-0.05, 0) is 60.7 Å². The van der Waals surface area contributed by atoms with Crippen molar-refractivity contribution in [2.24, 2.45) is 0 Å². The van der Waals surface area contributed by atoms with Crippen LogP contribution in [0.5, 0.6) is 11.5 Å². The largest absolute Gasteiger partial charge is 0.792 e. The lowest BCUT2D eigenvalue weighted by Crippen LogP contribution is -2.31. The van der Waals surface area contributed by atoms with Gasteiger partial charge in [-0.2, -0.15) is 0 Å². The predicted octanol–water partition coefficient (Wildman–Crippen LogP) is 4.47. The number of rotatable bonds is 2. The highest BCUT2D eigenvalue weighted by molar-refractivity contribution is 7.72. The van der Waals surface area contributed by atoms with E-state index in [9.17, 15) is 9.46 Å². The Labute approximate surface area is 193 Å². The molecule has 0 saturated heterocycles. The summed E-state index contributed by atoms with van der Waals surface area (Å²) in [5.74, 6) is 1.82. The zero-order chi connectivity index (χ0) is 22.9. The number of hydrogen-bond acceptors (Lipinski definition) is 5. The molecule has 0 atom stereocenters. The number of aromatic nitrogens is 4. The SMILES string of the molecule is O=P1([O-])c2cc(-c3nc4ccccc4[nH]3)ccc2Oc2ccc(-c3nc4ccccc4[nH]3)cc21. The Hall–Kier alpha value is -4.19. The number of ether oxygens (including phenoxy) is 1. The number of para-hydroxylation sites is 4. The number of hydrogen-bond donors (Lipinski definition) is 2. The van der Waals surface area contributed by atoms with Gasteiger partial charge in [-0.1, -0.05) is 24.3 Å². The monoisotopic (exact) mass is 463 g/mol. The van der Waals surface area contributed by atoms with Gasteiger partial charge in [-0.3, -0.25) is 0 Å². The Bertz CT molecular complexity index is 1610. The molecule has 2 N–H and O–H groups in total. The third kappa shape index (κ3) is 2.85. The standard InChI is InChI=1S/C26H17N4O3P/c31-34(32)23-13-15(25-27-17-5-1-2-6-18(17)28-25)9-11-21(23)33-22-12-10-16(14-24(22)34)26-29-19-7-3-4-8-20(19)30-26/h1-14H,(H,27,28)(H,29,30)(H,31,32)/p-1. The van der Waals surface area contributed by atoms with Gasteiger partial charge in [-0.15, -0.1) is 0 Å². The molecule has 164 valence electrons. The van der Waals surface area contributed by atoms with Crippen LogP contribution in [0.1, 0.15) is 0 Å². The molecule has 7 rings (SSSR count). The summed E-state index contributed by atoms with van der Waals surface area (Å²) < 4.78 is 19.7. The number of fused-ring (bicyclic) bond motifs is 4. The first-order valence-corrected chi connectivity index (χ1v) is 12.4. The van der Waals surface area contributed by atoms with E-state index in [0.717, 1.165) is 22.1 Å². The van der Waals surface area contributed by atoms with Crippen molar-refractivity contribution in [3.8, 4) is 34.3 Å². The Morgan fingerprint density at radius 3 is 1.62 bits per heavy atom. The second-order valence-electron chi connectivity index (χ2n) is 8.22. The van der Waals surface area contributed by atoms with Gasteiger partial charge < -0.3 is 24.2 Å². The first-order chi connectivity index (χ1) is 16.6. The summed E-state index contributed by atoms with van der Waals surface area (Å²) >= 11 is 0. The van der Waals surface area contributed by atoms with Gasteiger partial charge >= 0.3 is 0 Å². The Kier molecular flexibility index (Phi) is 3.92. The molecular formula is C26H16N4O3P-. The highest BCUT2D eigenvalue weighted by Gasteiger charge is 2.30. The van der Waals surface area contributed by atoms with Crippen LogP contribution in [-0.2, 0) is 4.57 Å². The molecule has 0 aliphatic carbocycles. The van der Waals surface area contributed by atoms with Crippen LogP contribution in [0.2, 0.25) is 0 Å². The van der Waals surface area contributed by atoms with Crippen LogP contribution in [0, 0.1) is 0 Å². The fourth-order valence-electron chi connectivity index (χ4n) is 4.39. The number of imidazole rings is 2. The number of benzene rings is 4. The van der Waals surface area contributed by atoms with Crippen LogP contribution < -0.4 is 20.2 Å². The number of nitrogens with one attached hydrogen (secondary N) is 2. The van der Waals surface area contributed by atoms with Crippen molar-refractivity contribution >= 4 is 40.0 Å². The van der Waals surface area contributed by atoms with Gasteiger partial charge in [0, 0.05) is 21.7 Å².